The van der Waals surface area contributed by atoms with Crippen molar-refractivity contribution in [2.24, 2.45) is 0 Å². The van der Waals surface area contributed by atoms with E-state index in [0.717, 1.165) is 26.1 Å². The molecule has 2 atom stereocenters. The summed E-state index contributed by atoms with van der Waals surface area (Å²) in [4.78, 5) is 2.45. The van der Waals surface area contributed by atoms with Gasteiger partial charge in [0, 0.05) is 31.9 Å². The Kier molecular flexibility index (Phi) is 5.65. The Balaban J connectivity index is 2.01. The zero-order chi connectivity index (χ0) is 15.3. The predicted molar refractivity (Wildman–Crippen MR) is 90.0 cm³/mol. The zero-order valence-electron chi connectivity index (χ0n) is 14.0. The molecule has 1 saturated heterocycles. The Bertz CT molecular complexity index is 431. The number of anilines is 1. The minimum atomic E-state index is -0.00705. The number of hydrogen-bond acceptors (Lipinski definition) is 3. The van der Waals surface area contributed by atoms with E-state index in [-0.39, 0.29) is 5.60 Å². The first-order valence-corrected chi connectivity index (χ1v) is 8.21. The molecule has 3 heteroatoms. The third-order valence-electron chi connectivity index (χ3n) is 4.61. The van der Waals surface area contributed by atoms with Gasteiger partial charge in [0.25, 0.3) is 0 Å². The van der Waals surface area contributed by atoms with Crippen molar-refractivity contribution in [3.8, 4) is 0 Å². The van der Waals surface area contributed by atoms with Crippen molar-refractivity contribution in [2.45, 2.75) is 51.7 Å². The molecule has 1 N–H and O–H groups in total. The monoisotopic (exact) mass is 290 g/mol. The highest BCUT2D eigenvalue weighted by molar-refractivity contribution is 5.49. The van der Waals surface area contributed by atoms with Gasteiger partial charge in [0.05, 0.1) is 5.60 Å². The quantitative estimate of drug-likeness (QED) is 0.863. The normalized spacial score (nSPS) is 24.1. The first kappa shape index (κ1) is 16.3. The molecule has 2 unspecified atom stereocenters. The maximum absolute atomic E-state index is 5.68. The smallest absolute Gasteiger partial charge is 0.0825 e. The molecule has 0 amide bonds. The lowest BCUT2D eigenvalue weighted by Gasteiger charge is -2.40. The van der Waals surface area contributed by atoms with Crippen LogP contribution in [0.25, 0.3) is 0 Å². The van der Waals surface area contributed by atoms with E-state index in [0.29, 0.717) is 6.04 Å². The molecule has 0 bridgehead atoms. The van der Waals surface area contributed by atoms with Crippen LogP contribution in [0.1, 0.15) is 51.6 Å². The van der Waals surface area contributed by atoms with Crippen molar-refractivity contribution in [1.82, 2.24) is 5.32 Å². The van der Waals surface area contributed by atoms with Crippen molar-refractivity contribution in [3.05, 3.63) is 29.8 Å². The fourth-order valence-corrected chi connectivity index (χ4v) is 3.05. The van der Waals surface area contributed by atoms with E-state index in [1.807, 2.05) is 7.11 Å². The third kappa shape index (κ3) is 4.21. The van der Waals surface area contributed by atoms with E-state index in [4.69, 9.17) is 4.74 Å². The number of methoxy groups -OCH3 is 1. The summed E-state index contributed by atoms with van der Waals surface area (Å²) in [6, 6.07) is 9.43. The number of piperidine rings is 1. The molecule has 0 aromatic heterocycles. The maximum atomic E-state index is 5.68. The summed E-state index contributed by atoms with van der Waals surface area (Å²) >= 11 is 0. The summed E-state index contributed by atoms with van der Waals surface area (Å²) in [5.41, 5.74) is 2.66. The number of rotatable bonds is 6. The third-order valence-corrected chi connectivity index (χ3v) is 4.61. The molecule has 1 aliphatic rings. The molecule has 0 spiro atoms. The van der Waals surface area contributed by atoms with Crippen LogP contribution in [0.3, 0.4) is 0 Å². The van der Waals surface area contributed by atoms with Gasteiger partial charge in [-0.1, -0.05) is 19.1 Å². The van der Waals surface area contributed by atoms with Crippen LogP contribution in [-0.2, 0) is 4.74 Å². The molecule has 2 rings (SSSR count). The molecular formula is C18H30N2O. The fraction of sp³-hybridized carbons (Fsp3) is 0.667. The lowest BCUT2D eigenvalue weighted by atomic mass is 9.94. The van der Waals surface area contributed by atoms with Crippen LogP contribution in [0, 0.1) is 0 Å². The fourth-order valence-electron chi connectivity index (χ4n) is 3.05. The Morgan fingerprint density at radius 1 is 1.33 bits per heavy atom. The molecule has 0 radical (unpaired) electrons. The van der Waals surface area contributed by atoms with Crippen molar-refractivity contribution in [2.75, 3.05) is 31.6 Å². The second-order valence-corrected chi connectivity index (χ2v) is 6.45. The van der Waals surface area contributed by atoms with Crippen molar-refractivity contribution >= 4 is 5.69 Å². The molecule has 1 aromatic rings. The lowest BCUT2D eigenvalue weighted by Crippen LogP contribution is -2.47. The summed E-state index contributed by atoms with van der Waals surface area (Å²) in [7, 11) is 1.83. The largest absolute Gasteiger partial charge is 0.377 e. The number of benzene rings is 1. The summed E-state index contributed by atoms with van der Waals surface area (Å²) in [5.74, 6) is 0. The van der Waals surface area contributed by atoms with E-state index in [2.05, 4.69) is 55.3 Å². The Hall–Kier alpha value is -1.06. The van der Waals surface area contributed by atoms with Gasteiger partial charge < -0.3 is 15.0 Å². The SMILES string of the molecule is CCCNC(C)c1ccc(N2CCCC(C)(OC)C2)cc1. The van der Waals surface area contributed by atoms with Gasteiger partial charge in [-0.05, 0) is 57.4 Å². The van der Waals surface area contributed by atoms with Crippen LogP contribution >= 0.6 is 0 Å². The van der Waals surface area contributed by atoms with Crippen LogP contribution in [0.5, 0.6) is 0 Å². The summed E-state index contributed by atoms with van der Waals surface area (Å²) < 4.78 is 5.68. The molecule has 1 aromatic carbocycles. The van der Waals surface area contributed by atoms with Crippen LogP contribution in [0.15, 0.2) is 24.3 Å². The summed E-state index contributed by atoms with van der Waals surface area (Å²) in [6.07, 6.45) is 3.52. The molecular weight excluding hydrogens is 260 g/mol. The first-order chi connectivity index (χ1) is 10.1. The lowest BCUT2D eigenvalue weighted by molar-refractivity contribution is -0.00465. The Morgan fingerprint density at radius 3 is 2.67 bits per heavy atom. The molecule has 21 heavy (non-hydrogen) atoms. The van der Waals surface area contributed by atoms with E-state index < -0.39 is 0 Å². The van der Waals surface area contributed by atoms with E-state index in [9.17, 15) is 0 Å². The van der Waals surface area contributed by atoms with E-state index in [1.54, 1.807) is 0 Å². The van der Waals surface area contributed by atoms with Crippen LogP contribution in [0.4, 0.5) is 5.69 Å². The standard InChI is InChI=1S/C18H30N2O/c1-5-12-19-15(2)16-7-9-17(10-8-16)20-13-6-11-18(3,14-20)21-4/h7-10,15,19H,5-6,11-14H2,1-4H3. The van der Waals surface area contributed by atoms with Crippen LogP contribution in [0.2, 0.25) is 0 Å². The molecule has 1 heterocycles. The highest BCUT2D eigenvalue weighted by Crippen LogP contribution is 2.28. The number of nitrogens with one attached hydrogen (secondary N) is 1. The Morgan fingerprint density at radius 2 is 2.05 bits per heavy atom. The second kappa shape index (κ2) is 7.28. The highest BCUT2D eigenvalue weighted by atomic mass is 16.5. The molecule has 0 saturated carbocycles. The van der Waals surface area contributed by atoms with Gasteiger partial charge >= 0.3 is 0 Å². The van der Waals surface area contributed by atoms with Gasteiger partial charge in [0.1, 0.15) is 0 Å². The average molecular weight is 290 g/mol. The van der Waals surface area contributed by atoms with Crippen LogP contribution in [-0.4, -0.2) is 32.3 Å². The van der Waals surface area contributed by atoms with Crippen LogP contribution < -0.4 is 10.2 Å². The van der Waals surface area contributed by atoms with E-state index >= 15 is 0 Å². The predicted octanol–water partition coefficient (Wildman–Crippen LogP) is 3.75. The van der Waals surface area contributed by atoms with Gasteiger partial charge in [-0.15, -0.1) is 0 Å². The molecule has 3 nitrogen and oxygen atoms in total. The van der Waals surface area contributed by atoms with Crippen molar-refractivity contribution in [1.29, 1.82) is 0 Å². The van der Waals surface area contributed by atoms with Crippen molar-refractivity contribution < 1.29 is 4.74 Å². The summed E-state index contributed by atoms with van der Waals surface area (Å²) in [5, 5.41) is 3.54. The van der Waals surface area contributed by atoms with Gasteiger partial charge in [0.2, 0.25) is 0 Å². The van der Waals surface area contributed by atoms with Gasteiger partial charge in [-0.3, -0.25) is 0 Å². The minimum absolute atomic E-state index is 0.00705. The molecule has 1 fully saturated rings. The van der Waals surface area contributed by atoms with E-state index in [1.165, 1.54) is 24.1 Å². The van der Waals surface area contributed by atoms with Crippen molar-refractivity contribution in [3.63, 3.8) is 0 Å². The summed E-state index contributed by atoms with van der Waals surface area (Å²) in [6.45, 7) is 9.82. The zero-order valence-corrected chi connectivity index (χ0v) is 14.0. The topological polar surface area (TPSA) is 24.5 Å². The number of nitrogens with zero attached hydrogens (tertiary/aromatic N) is 1. The second-order valence-electron chi connectivity index (χ2n) is 6.45. The first-order valence-electron chi connectivity index (χ1n) is 8.21. The number of hydrogen-bond donors (Lipinski definition) is 1. The van der Waals surface area contributed by atoms with Gasteiger partial charge in [-0.25, -0.2) is 0 Å². The van der Waals surface area contributed by atoms with Gasteiger partial charge in [-0.2, -0.15) is 0 Å². The average Bonchev–Trinajstić information content (AvgIpc) is 2.53. The molecule has 0 aliphatic carbocycles. The Labute approximate surface area is 129 Å². The molecule has 1 aliphatic heterocycles. The molecule has 118 valence electrons. The minimum Gasteiger partial charge on any atom is -0.377 e. The van der Waals surface area contributed by atoms with Gasteiger partial charge in [0.15, 0.2) is 0 Å². The highest BCUT2D eigenvalue weighted by Gasteiger charge is 2.30. The number of ether oxygens (including phenoxy) is 1. The maximum Gasteiger partial charge on any atom is 0.0825 e.